The van der Waals surface area contributed by atoms with Crippen molar-refractivity contribution in [1.29, 1.82) is 0 Å². The van der Waals surface area contributed by atoms with Crippen LogP contribution in [0.1, 0.15) is 57.8 Å². The zero-order valence-corrected chi connectivity index (χ0v) is 8.97. The smallest absolute Gasteiger partial charge is 0.115 e. The van der Waals surface area contributed by atoms with E-state index in [9.17, 15) is 4.39 Å². The Hall–Kier alpha value is -0.110. The first-order chi connectivity index (χ1) is 6.86. The number of halogens is 1. The molecule has 2 rings (SSSR count). The molecule has 0 unspecified atom stereocenters. The van der Waals surface area contributed by atoms with Gasteiger partial charge in [0, 0.05) is 12.1 Å². The summed E-state index contributed by atoms with van der Waals surface area (Å²) in [6, 6.07) is 0.789. The molecule has 0 heterocycles. The van der Waals surface area contributed by atoms with Crippen molar-refractivity contribution in [3.8, 4) is 0 Å². The van der Waals surface area contributed by atoms with E-state index >= 15 is 0 Å². The van der Waals surface area contributed by atoms with Crippen molar-refractivity contribution in [2.75, 3.05) is 0 Å². The van der Waals surface area contributed by atoms with Gasteiger partial charge in [-0.2, -0.15) is 0 Å². The minimum atomic E-state index is -0.578. The molecule has 14 heavy (non-hydrogen) atoms. The quantitative estimate of drug-likeness (QED) is 0.720. The minimum absolute atomic E-state index is 0.173. The van der Waals surface area contributed by atoms with Crippen LogP contribution in [0.2, 0.25) is 0 Å². The Bertz CT molecular complexity index is 166. The maximum Gasteiger partial charge on any atom is 0.115 e. The number of alkyl halides is 1. The summed E-state index contributed by atoms with van der Waals surface area (Å²) in [5.41, 5.74) is 0. The lowest BCUT2D eigenvalue weighted by Gasteiger charge is -2.32. The lowest BCUT2D eigenvalue weighted by Crippen LogP contribution is -2.46. The van der Waals surface area contributed by atoms with Crippen LogP contribution in [-0.4, -0.2) is 18.3 Å². The standard InChI is InChI=1S/C12H22FN/c13-11-8-4-5-9-12(11)14-10-6-2-1-3-7-10/h10-12,14H,1-9H2/t11-,12-/m1/s1. The van der Waals surface area contributed by atoms with Crippen LogP contribution in [0.4, 0.5) is 4.39 Å². The molecule has 2 heteroatoms. The van der Waals surface area contributed by atoms with Crippen LogP contribution in [0.15, 0.2) is 0 Å². The van der Waals surface area contributed by atoms with Crippen molar-refractivity contribution >= 4 is 0 Å². The van der Waals surface area contributed by atoms with Crippen LogP contribution < -0.4 is 5.32 Å². The highest BCUT2D eigenvalue weighted by atomic mass is 19.1. The molecule has 1 N–H and O–H groups in total. The van der Waals surface area contributed by atoms with E-state index < -0.39 is 6.17 Å². The fraction of sp³-hybridized carbons (Fsp3) is 1.00. The number of nitrogens with one attached hydrogen (secondary N) is 1. The van der Waals surface area contributed by atoms with Crippen molar-refractivity contribution in [3.63, 3.8) is 0 Å². The summed E-state index contributed by atoms with van der Waals surface area (Å²) in [6.07, 6.45) is 10.1. The second-order valence-corrected chi connectivity index (χ2v) is 4.91. The molecule has 0 aromatic heterocycles. The van der Waals surface area contributed by atoms with Crippen LogP contribution in [0.5, 0.6) is 0 Å². The van der Waals surface area contributed by atoms with E-state index in [1.54, 1.807) is 0 Å². The summed E-state index contributed by atoms with van der Waals surface area (Å²) < 4.78 is 13.5. The molecule has 0 aromatic carbocycles. The van der Waals surface area contributed by atoms with Crippen LogP contribution in [0.25, 0.3) is 0 Å². The van der Waals surface area contributed by atoms with Gasteiger partial charge in [0.2, 0.25) is 0 Å². The second-order valence-electron chi connectivity index (χ2n) is 4.91. The summed E-state index contributed by atoms with van der Waals surface area (Å²) in [4.78, 5) is 0. The Kier molecular flexibility index (Phi) is 3.80. The number of rotatable bonds is 2. The van der Waals surface area contributed by atoms with Crippen molar-refractivity contribution < 1.29 is 4.39 Å². The fourth-order valence-corrected chi connectivity index (χ4v) is 2.85. The SMILES string of the molecule is F[C@@H]1CCCC[C@H]1NC1CCCCC1. The average Bonchev–Trinajstić information content (AvgIpc) is 2.23. The molecule has 2 aliphatic carbocycles. The lowest BCUT2D eigenvalue weighted by atomic mass is 9.90. The van der Waals surface area contributed by atoms with E-state index in [-0.39, 0.29) is 6.04 Å². The van der Waals surface area contributed by atoms with Gasteiger partial charge in [0.1, 0.15) is 6.17 Å². The minimum Gasteiger partial charge on any atom is -0.308 e. The molecule has 2 atom stereocenters. The van der Waals surface area contributed by atoms with Gasteiger partial charge in [-0.25, -0.2) is 4.39 Å². The molecule has 0 saturated heterocycles. The lowest BCUT2D eigenvalue weighted by molar-refractivity contribution is 0.168. The monoisotopic (exact) mass is 199 g/mol. The van der Waals surface area contributed by atoms with Crippen LogP contribution in [-0.2, 0) is 0 Å². The molecule has 0 bridgehead atoms. The largest absolute Gasteiger partial charge is 0.308 e. The van der Waals surface area contributed by atoms with Crippen LogP contribution >= 0.6 is 0 Å². The Morgan fingerprint density at radius 1 is 0.786 bits per heavy atom. The summed E-state index contributed by atoms with van der Waals surface area (Å²) in [5, 5.41) is 3.53. The summed E-state index contributed by atoms with van der Waals surface area (Å²) in [5.74, 6) is 0. The van der Waals surface area contributed by atoms with Gasteiger partial charge in [0.25, 0.3) is 0 Å². The van der Waals surface area contributed by atoms with Crippen LogP contribution in [0, 0.1) is 0 Å². The van der Waals surface area contributed by atoms with Gasteiger partial charge in [0.05, 0.1) is 0 Å². The highest BCUT2D eigenvalue weighted by molar-refractivity contribution is 4.84. The third-order valence-electron chi connectivity index (χ3n) is 3.74. The molecule has 1 nitrogen and oxygen atoms in total. The topological polar surface area (TPSA) is 12.0 Å². The van der Waals surface area contributed by atoms with E-state index in [4.69, 9.17) is 0 Å². The van der Waals surface area contributed by atoms with E-state index in [0.717, 1.165) is 19.3 Å². The van der Waals surface area contributed by atoms with Crippen molar-refractivity contribution in [2.45, 2.75) is 76.0 Å². The van der Waals surface area contributed by atoms with Gasteiger partial charge >= 0.3 is 0 Å². The van der Waals surface area contributed by atoms with E-state index in [1.165, 1.54) is 38.5 Å². The van der Waals surface area contributed by atoms with Gasteiger partial charge in [0.15, 0.2) is 0 Å². The molecule has 0 aliphatic heterocycles. The third-order valence-corrected chi connectivity index (χ3v) is 3.74. The first kappa shape index (κ1) is 10.4. The summed E-state index contributed by atoms with van der Waals surface area (Å²) >= 11 is 0. The van der Waals surface area contributed by atoms with E-state index in [1.807, 2.05) is 0 Å². The highest BCUT2D eigenvalue weighted by Gasteiger charge is 2.27. The Labute approximate surface area is 86.5 Å². The predicted molar refractivity (Wildman–Crippen MR) is 57.2 cm³/mol. The molecular formula is C12H22FN. The first-order valence-corrected chi connectivity index (χ1v) is 6.26. The summed E-state index contributed by atoms with van der Waals surface area (Å²) in [7, 11) is 0. The third kappa shape index (κ3) is 2.69. The van der Waals surface area contributed by atoms with Gasteiger partial charge in [-0.3, -0.25) is 0 Å². The second kappa shape index (κ2) is 5.11. The molecular weight excluding hydrogens is 177 g/mol. The Morgan fingerprint density at radius 3 is 2.14 bits per heavy atom. The average molecular weight is 199 g/mol. The van der Waals surface area contributed by atoms with E-state index in [2.05, 4.69) is 5.32 Å². The van der Waals surface area contributed by atoms with Crippen molar-refractivity contribution in [1.82, 2.24) is 5.32 Å². The van der Waals surface area contributed by atoms with Gasteiger partial charge in [-0.05, 0) is 25.7 Å². The molecule has 82 valence electrons. The number of hydrogen-bond acceptors (Lipinski definition) is 1. The summed E-state index contributed by atoms with van der Waals surface area (Å²) in [6.45, 7) is 0. The Morgan fingerprint density at radius 2 is 1.43 bits per heavy atom. The van der Waals surface area contributed by atoms with E-state index in [0.29, 0.717) is 6.04 Å². The molecule has 0 radical (unpaired) electrons. The number of hydrogen-bond donors (Lipinski definition) is 1. The fourth-order valence-electron chi connectivity index (χ4n) is 2.85. The zero-order chi connectivity index (χ0) is 9.80. The maximum atomic E-state index is 13.5. The Balaban J connectivity index is 1.76. The van der Waals surface area contributed by atoms with Gasteiger partial charge in [-0.15, -0.1) is 0 Å². The first-order valence-electron chi connectivity index (χ1n) is 6.26. The molecule has 2 aliphatic rings. The zero-order valence-electron chi connectivity index (χ0n) is 8.97. The maximum absolute atomic E-state index is 13.5. The molecule has 0 spiro atoms. The molecule has 2 fully saturated rings. The van der Waals surface area contributed by atoms with Crippen LogP contribution in [0.3, 0.4) is 0 Å². The van der Waals surface area contributed by atoms with Gasteiger partial charge < -0.3 is 5.32 Å². The van der Waals surface area contributed by atoms with Gasteiger partial charge in [-0.1, -0.05) is 32.1 Å². The van der Waals surface area contributed by atoms with Crippen molar-refractivity contribution in [3.05, 3.63) is 0 Å². The molecule has 2 saturated carbocycles. The molecule has 0 aromatic rings. The predicted octanol–water partition coefficient (Wildman–Crippen LogP) is 3.19. The molecule has 0 amide bonds. The normalized spacial score (nSPS) is 35.8. The highest BCUT2D eigenvalue weighted by Crippen LogP contribution is 2.24. The van der Waals surface area contributed by atoms with Crippen molar-refractivity contribution in [2.24, 2.45) is 0 Å².